The van der Waals surface area contributed by atoms with Crippen LogP contribution in [0.1, 0.15) is 38.2 Å². The number of benzene rings is 1. The number of nitrogens with one attached hydrogen (secondary N) is 1. The predicted octanol–water partition coefficient (Wildman–Crippen LogP) is 3.33. The molecule has 0 radical (unpaired) electrons. The highest BCUT2D eigenvalue weighted by atomic mass is 15.1. The minimum absolute atomic E-state index is 0.529. The van der Waals surface area contributed by atoms with Crippen LogP contribution in [0.25, 0.3) is 0 Å². The fourth-order valence-corrected chi connectivity index (χ4v) is 3.52. The lowest BCUT2D eigenvalue weighted by Gasteiger charge is -2.34. The van der Waals surface area contributed by atoms with Crippen LogP contribution in [0.15, 0.2) is 30.3 Å². The molecule has 0 unspecified atom stereocenters. The molecule has 0 spiro atoms. The Bertz CT molecular complexity index is 368. The van der Waals surface area contributed by atoms with Gasteiger partial charge in [-0.1, -0.05) is 50.1 Å². The maximum atomic E-state index is 3.58. The number of hydrogen-bond donors (Lipinski definition) is 1. The summed E-state index contributed by atoms with van der Waals surface area (Å²) < 4.78 is 0. The van der Waals surface area contributed by atoms with E-state index in [-0.39, 0.29) is 0 Å². The van der Waals surface area contributed by atoms with Gasteiger partial charge in [0.05, 0.1) is 0 Å². The van der Waals surface area contributed by atoms with Crippen LogP contribution in [0, 0.1) is 5.41 Å². The summed E-state index contributed by atoms with van der Waals surface area (Å²) in [7, 11) is 2.29. The number of likely N-dealkylation sites (N-methyl/N-ethyl adjacent to an activating group) is 1. The predicted molar refractivity (Wildman–Crippen MR) is 87.1 cm³/mol. The zero-order valence-corrected chi connectivity index (χ0v) is 13.2. The molecule has 20 heavy (non-hydrogen) atoms. The first kappa shape index (κ1) is 15.5. The number of rotatable bonds is 8. The Balaban J connectivity index is 1.81. The summed E-state index contributed by atoms with van der Waals surface area (Å²) in [4.78, 5) is 2.54. The molecule has 1 aromatic rings. The fraction of sp³-hybridized carbons (Fsp3) is 0.667. The van der Waals surface area contributed by atoms with Gasteiger partial charge in [-0.25, -0.2) is 0 Å². The van der Waals surface area contributed by atoms with Crippen molar-refractivity contribution < 1.29 is 0 Å². The summed E-state index contributed by atoms with van der Waals surface area (Å²) in [5.74, 6) is 0. The average molecular weight is 274 g/mol. The van der Waals surface area contributed by atoms with Gasteiger partial charge in [-0.15, -0.1) is 0 Å². The van der Waals surface area contributed by atoms with Gasteiger partial charge in [0.25, 0.3) is 0 Å². The van der Waals surface area contributed by atoms with Crippen LogP contribution in [0.5, 0.6) is 0 Å². The maximum Gasteiger partial charge on any atom is 0.00472 e. The van der Waals surface area contributed by atoms with Gasteiger partial charge in [-0.3, -0.25) is 0 Å². The van der Waals surface area contributed by atoms with Gasteiger partial charge in [-0.05, 0) is 43.8 Å². The standard InChI is InChI=1S/C18H30N2/c1-3-19-15-18(12-7-8-13-18)16-20(2)14-11-17-9-5-4-6-10-17/h4-6,9-10,19H,3,7-8,11-16H2,1-2H3. The van der Waals surface area contributed by atoms with Crippen molar-refractivity contribution in [1.29, 1.82) is 0 Å². The first-order valence-corrected chi connectivity index (χ1v) is 8.17. The minimum atomic E-state index is 0.529. The first-order chi connectivity index (χ1) is 9.74. The van der Waals surface area contributed by atoms with E-state index in [2.05, 4.69) is 54.5 Å². The average Bonchev–Trinajstić information content (AvgIpc) is 2.93. The van der Waals surface area contributed by atoms with E-state index in [9.17, 15) is 0 Å². The zero-order valence-electron chi connectivity index (χ0n) is 13.2. The van der Waals surface area contributed by atoms with E-state index < -0.39 is 0 Å². The van der Waals surface area contributed by atoms with Gasteiger partial charge in [0.15, 0.2) is 0 Å². The van der Waals surface area contributed by atoms with Gasteiger partial charge in [0.1, 0.15) is 0 Å². The van der Waals surface area contributed by atoms with Crippen LogP contribution in [0.4, 0.5) is 0 Å². The summed E-state index contributed by atoms with van der Waals surface area (Å²) in [6.07, 6.45) is 6.79. The Hall–Kier alpha value is -0.860. The largest absolute Gasteiger partial charge is 0.316 e. The number of nitrogens with zero attached hydrogens (tertiary/aromatic N) is 1. The molecule has 2 rings (SSSR count). The van der Waals surface area contributed by atoms with Crippen LogP contribution < -0.4 is 5.32 Å². The summed E-state index contributed by atoms with van der Waals surface area (Å²) in [6.45, 7) is 6.90. The second-order valence-electron chi connectivity index (χ2n) is 6.46. The summed E-state index contributed by atoms with van der Waals surface area (Å²) >= 11 is 0. The van der Waals surface area contributed by atoms with Crippen molar-refractivity contribution in [2.24, 2.45) is 5.41 Å². The van der Waals surface area contributed by atoms with Crippen molar-refractivity contribution in [2.75, 3.05) is 33.2 Å². The second kappa shape index (κ2) is 7.80. The summed E-state index contributed by atoms with van der Waals surface area (Å²) in [5.41, 5.74) is 1.98. The lowest BCUT2D eigenvalue weighted by Crippen LogP contribution is -2.41. The van der Waals surface area contributed by atoms with Crippen molar-refractivity contribution in [3.63, 3.8) is 0 Å². The lowest BCUT2D eigenvalue weighted by molar-refractivity contribution is 0.174. The molecule has 0 atom stereocenters. The van der Waals surface area contributed by atoms with Crippen molar-refractivity contribution in [1.82, 2.24) is 10.2 Å². The highest BCUT2D eigenvalue weighted by Gasteiger charge is 2.34. The van der Waals surface area contributed by atoms with Crippen LogP contribution in [0.3, 0.4) is 0 Å². The van der Waals surface area contributed by atoms with Crippen molar-refractivity contribution in [3.05, 3.63) is 35.9 Å². The smallest absolute Gasteiger partial charge is 0.00472 e. The van der Waals surface area contributed by atoms with E-state index in [1.165, 1.54) is 44.3 Å². The molecule has 1 N–H and O–H groups in total. The molecule has 1 fully saturated rings. The summed E-state index contributed by atoms with van der Waals surface area (Å²) in [6, 6.07) is 10.8. The fourth-order valence-electron chi connectivity index (χ4n) is 3.52. The van der Waals surface area contributed by atoms with Gasteiger partial charge in [-0.2, -0.15) is 0 Å². The minimum Gasteiger partial charge on any atom is -0.316 e. The van der Waals surface area contributed by atoms with Gasteiger partial charge < -0.3 is 10.2 Å². The Labute approximate surface area is 124 Å². The van der Waals surface area contributed by atoms with E-state index in [4.69, 9.17) is 0 Å². The molecule has 0 saturated heterocycles. The lowest BCUT2D eigenvalue weighted by atomic mass is 9.85. The molecule has 0 bridgehead atoms. The van der Waals surface area contributed by atoms with Gasteiger partial charge in [0.2, 0.25) is 0 Å². The van der Waals surface area contributed by atoms with Crippen molar-refractivity contribution in [2.45, 2.75) is 39.0 Å². The molecule has 1 aromatic carbocycles. The Morgan fingerprint density at radius 1 is 1.15 bits per heavy atom. The topological polar surface area (TPSA) is 15.3 Å². The van der Waals surface area contributed by atoms with E-state index in [0.29, 0.717) is 5.41 Å². The molecule has 0 aromatic heterocycles. The molecule has 2 heteroatoms. The summed E-state index contributed by atoms with van der Waals surface area (Å²) in [5, 5.41) is 3.58. The monoisotopic (exact) mass is 274 g/mol. The first-order valence-electron chi connectivity index (χ1n) is 8.17. The molecule has 0 heterocycles. The SMILES string of the molecule is CCNCC1(CN(C)CCc2ccccc2)CCCC1. The Morgan fingerprint density at radius 2 is 1.85 bits per heavy atom. The van der Waals surface area contributed by atoms with Crippen LogP contribution in [0.2, 0.25) is 0 Å². The highest BCUT2D eigenvalue weighted by molar-refractivity contribution is 5.14. The van der Waals surface area contributed by atoms with Gasteiger partial charge in [0, 0.05) is 19.6 Å². The van der Waals surface area contributed by atoms with E-state index in [1.807, 2.05) is 0 Å². The van der Waals surface area contributed by atoms with Crippen LogP contribution in [-0.2, 0) is 6.42 Å². The molecule has 1 aliphatic carbocycles. The normalized spacial score (nSPS) is 17.8. The van der Waals surface area contributed by atoms with Gasteiger partial charge >= 0.3 is 0 Å². The molecular weight excluding hydrogens is 244 g/mol. The quantitative estimate of drug-likeness (QED) is 0.782. The van der Waals surface area contributed by atoms with E-state index in [1.54, 1.807) is 0 Å². The van der Waals surface area contributed by atoms with E-state index >= 15 is 0 Å². The number of hydrogen-bond acceptors (Lipinski definition) is 2. The third-order valence-corrected chi connectivity index (χ3v) is 4.64. The van der Waals surface area contributed by atoms with Crippen LogP contribution in [-0.4, -0.2) is 38.1 Å². The molecule has 2 nitrogen and oxygen atoms in total. The molecule has 0 aliphatic heterocycles. The molecular formula is C18H30N2. The third kappa shape index (κ3) is 4.60. The second-order valence-corrected chi connectivity index (χ2v) is 6.46. The molecule has 1 aliphatic rings. The molecule has 1 saturated carbocycles. The molecule has 0 amide bonds. The van der Waals surface area contributed by atoms with Crippen molar-refractivity contribution in [3.8, 4) is 0 Å². The highest BCUT2D eigenvalue weighted by Crippen LogP contribution is 2.38. The zero-order chi connectivity index (χ0) is 14.3. The maximum absolute atomic E-state index is 3.58. The third-order valence-electron chi connectivity index (χ3n) is 4.64. The van der Waals surface area contributed by atoms with Crippen molar-refractivity contribution >= 4 is 0 Å². The van der Waals surface area contributed by atoms with E-state index in [0.717, 1.165) is 19.5 Å². The van der Waals surface area contributed by atoms with Crippen LogP contribution >= 0.6 is 0 Å². The molecule has 112 valence electrons. The Kier molecular flexibility index (Phi) is 6.06. The Morgan fingerprint density at radius 3 is 2.50 bits per heavy atom.